The first-order valence-corrected chi connectivity index (χ1v) is 7.58. The van der Waals surface area contributed by atoms with Crippen LogP contribution in [0.4, 0.5) is 0 Å². The molecule has 0 fully saturated rings. The van der Waals surface area contributed by atoms with E-state index in [-0.39, 0.29) is 6.10 Å². The highest BCUT2D eigenvalue weighted by Crippen LogP contribution is 2.25. The maximum absolute atomic E-state index is 12.1. The second kappa shape index (κ2) is 5.26. The molecule has 0 aliphatic carbocycles. The van der Waals surface area contributed by atoms with Crippen LogP contribution in [-0.2, 0) is 13.6 Å². The summed E-state index contributed by atoms with van der Waals surface area (Å²) in [5.41, 5.74) is 0.812. The molecule has 3 aromatic rings. The van der Waals surface area contributed by atoms with Crippen LogP contribution in [0.25, 0.3) is 11.2 Å². The van der Waals surface area contributed by atoms with Gasteiger partial charge in [-0.15, -0.1) is 0 Å². The number of H-pyrrole nitrogens is 1. The number of nitrogens with one attached hydrogen (secondary N) is 1. The molecule has 0 spiro atoms. The minimum absolute atomic E-state index is 0.242. The Balaban J connectivity index is 1.58. The summed E-state index contributed by atoms with van der Waals surface area (Å²) in [6.07, 6.45) is -0.242. The van der Waals surface area contributed by atoms with Gasteiger partial charge in [-0.1, -0.05) is 12.1 Å². The van der Waals surface area contributed by atoms with Gasteiger partial charge in [0, 0.05) is 7.05 Å². The second-order valence-electron chi connectivity index (χ2n) is 5.86. The van der Waals surface area contributed by atoms with Gasteiger partial charge in [0.2, 0.25) is 0 Å². The maximum atomic E-state index is 12.1. The first-order valence-electron chi connectivity index (χ1n) is 7.58. The molecular formula is C16H16N4O4. The van der Waals surface area contributed by atoms with Crippen molar-refractivity contribution in [2.45, 2.75) is 19.6 Å². The molecule has 1 aliphatic heterocycles. The number of aromatic amines is 1. The van der Waals surface area contributed by atoms with Gasteiger partial charge in [-0.05, 0) is 24.6 Å². The van der Waals surface area contributed by atoms with E-state index in [1.54, 1.807) is 11.6 Å². The lowest BCUT2D eigenvalue weighted by Gasteiger charge is -2.12. The summed E-state index contributed by atoms with van der Waals surface area (Å²) in [6, 6.07) is 8.09. The molecule has 1 atom stereocenters. The fourth-order valence-electron chi connectivity index (χ4n) is 2.84. The number of aromatic nitrogens is 4. The number of ether oxygens (including phenoxy) is 2. The number of fused-ring (bicyclic) bond motifs is 3. The van der Waals surface area contributed by atoms with Crippen molar-refractivity contribution in [3.8, 4) is 11.8 Å². The van der Waals surface area contributed by atoms with Gasteiger partial charge in [-0.3, -0.25) is 18.9 Å². The average Bonchev–Trinajstić information content (AvgIpc) is 3.08. The Morgan fingerprint density at radius 1 is 1.42 bits per heavy atom. The Bertz CT molecular complexity index is 1050. The number of imidazole rings is 1. The van der Waals surface area contributed by atoms with Crippen LogP contribution in [0.1, 0.15) is 5.56 Å². The summed E-state index contributed by atoms with van der Waals surface area (Å²) in [6.45, 7) is 2.79. The Labute approximate surface area is 136 Å². The van der Waals surface area contributed by atoms with Crippen LogP contribution in [0.15, 0.2) is 33.9 Å². The predicted octanol–water partition coefficient (Wildman–Crippen LogP) is 0.572. The molecule has 4 rings (SSSR count). The molecule has 1 aliphatic rings. The van der Waals surface area contributed by atoms with Gasteiger partial charge >= 0.3 is 5.69 Å². The van der Waals surface area contributed by atoms with Crippen molar-refractivity contribution in [2.75, 3.05) is 6.61 Å². The minimum atomic E-state index is -0.497. The van der Waals surface area contributed by atoms with E-state index in [2.05, 4.69) is 9.97 Å². The highest BCUT2D eigenvalue weighted by Gasteiger charge is 2.29. The van der Waals surface area contributed by atoms with Crippen molar-refractivity contribution in [2.24, 2.45) is 7.05 Å². The molecular weight excluding hydrogens is 312 g/mol. The fourth-order valence-corrected chi connectivity index (χ4v) is 2.84. The molecule has 1 N–H and O–H groups in total. The molecule has 0 saturated carbocycles. The van der Waals surface area contributed by atoms with Gasteiger partial charge < -0.3 is 9.47 Å². The van der Waals surface area contributed by atoms with E-state index in [9.17, 15) is 9.59 Å². The Hall–Kier alpha value is -3.03. The largest absolute Gasteiger partial charge is 0.490 e. The number of hydrogen-bond acceptors (Lipinski definition) is 5. The van der Waals surface area contributed by atoms with Crippen LogP contribution in [0, 0.1) is 6.92 Å². The molecule has 0 amide bonds. The quantitative estimate of drug-likeness (QED) is 0.759. The normalized spacial score (nSPS) is 16.2. The first-order chi connectivity index (χ1) is 11.5. The maximum Gasteiger partial charge on any atom is 0.329 e. The predicted molar refractivity (Wildman–Crippen MR) is 86.7 cm³/mol. The number of hydrogen-bond donors (Lipinski definition) is 1. The third kappa shape index (κ3) is 2.27. The van der Waals surface area contributed by atoms with E-state index in [1.165, 1.54) is 4.57 Å². The topological polar surface area (TPSA) is 91.1 Å². The van der Waals surface area contributed by atoms with Crippen LogP contribution in [0.5, 0.6) is 11.8 Å². The van der Waals surface area contributed by atoms with E-state index in [4.69, 9.17) is 9.47 Å². The smallest absolute Gasteiger partial charge is 0.329 e. The summed E-state index contributed by atoms with van der Waals surface area (Å²) < 4.78 is 14.5. The Morgan fingerprint density at radius 2 is 2.25 bits per heavy atom. The first kappa shape index (κ1) is 14.6. The van der Waals surface area contributed by atoms with Crippen molar-refractivity contribution >= 4 is 11.2 Å². The van der Waals surface area contributed by atoms with Gasteiger partial charge in [0.25, 0.3) is 11.6 Å². The monoisotopic (exact) mass is 328 g/mol. The molecule has 0 saturated heterocycles. The van der Waals surface area contributed by atoms with Gasteiger partial charge in [0.15, 0.2) is 17.3 Å². The summed E-state index contributed by atoms with van der Waals surface area (Å²) in [7, 11) is 1.56. The molecule has 0 unspecified atom stereocenters. The number of benzene rings is 1. The van der Waals surface area contributed by atoms with E-state index in [1.807, 2.05) is 31.2 Å². The van der Waals surface area contributed by atoms with Crippen molar-refractivity contribution in [3.63, 3.8) is 0 Å². The molecule has 0 radical (unpaired) electrons. The number of rotatable bonds is 3. The van der Waals surface area contributed by atoms with Crippen LogP contribution in [0.3, 0.4) is 0 Å². The second-order valence-corrected chi connectivity index (χ2v) is 5.86. The molecule has 8 heteroatoms. The lowest BCUT2D eigenvalue weighted by molar-refractivity contribution is 0.144. The van der Waals surface area contributed by atoms with Crippen molar-refractivity contribution in [1.29, 1.82) is 0 Å². The minimum Gasteiger partial charge on any atom is -0.490 e. The lowest BCUT2D eigenvalue weighted by atomic mass is 10.2. The van der Waals surface area contributed by atoms with E-state index in [0.29, 0.717) is 30.3 Å². The molecule has 8 nitrogen and oxygen atoms in total. The molecule has 3 heterocycles. The third-order valence-electron chi connectivity index (χ3n) is 4.06. The summed E-state index contributed by atoms with van der Waals surface area (Å²) in [5, 5.41) is 0. The van der Waals surface area contributed by atoms with Crippen LogP contribution < -0.4 is 20.7 Å². The van der Waals surface area contributed by atoms with Crippen molar-refractivity contribution < 1.29 is 9.47 Å². The molecule has 1 aromatic carbocycles. The summed E-state index contributed by atoms with van der Waals surface area (Å²) in [4.78, 5) is 30.3. The summed E-state index contributed by atoms with van der Waals surface area (Å²) in [5.74, 6) is 0.772. The average molecular weight is 328 g/mol. The number of nitrogens with zero attached hydrogens (tertiary/aromatic N) is 3. The molecule has 24 heavy (non-hydrogen) atoms. The molecule has 0 bridgehead atoms. The van der Waals surface area contributed by atoms with Gasteiger partial charge in [-0.2, -0.15) is 4.98 Å². The van der Waals surface area contributed by atoms with E-state index >= 15 is 0 Å². The van der Waals surface area contributed by atoms with E-state index in [0.717, 1.165) is 11.3 Å². The summed E-state index contributed by atoms with van der Waals surface area (Å²) >= 11 is 0. The van der Waals surface area contributed by atoms with Crippen LogP contribution >= 0.6 is 0 Å². The zero-order valence-corrected chi connectivity index (χ0v) is 13.3. The van der Waals surface area contributed by atoms with Crippen LogP contribution in [-0.4, -0.2) is 31.8 Å². The molecule has 124 valence electrons. The Morgan fingerprint density at radius 3 is 3.04 bits per heavy atom. The van der Waals surface area contributed by atoms with Crippen LogP contribution in [0.2, 0.25) is 0 Å². The van der Waals surface area contributed by atoms with Crippen molar-refractivity contribution in [1.82, 2.24) is 19.1 Å². The highest BCUT2D eigenvalue weighted by atomic mass is 16.6. The fraction of sp³-hybridized carbons (Fsp3) is 0.312. The lowest BCUT2D eigenvalue weighted by Crippen LogP contribution is -2.30. The Kier molecular flexibility index (Phi) is 3.19. The third-order valence-corrected chi connectivity index (χ3v) is 4.06. The van der Waals surface area contributed by atoms with Crippen molar-refractivity contribution in [3.05, 3.63) is 50.7 Å². The standard InChI is InChI=1S/C16H16N4O4/c1-9-4-3-5-10(6-9)23-8-11-7-20-12-13(17-16(20)24-11)19(2)15(22)18-14(12)21/h3-6,11H,7-8H2,1-2H3,(H,18,21,22)/t11-/m1/s1. The van der Waals surface area contributed by atoms with Gasteiger partial charge in [0.1, 0.15) is 12.4 Å². The van der Waals surface area contributed by atoms with Gasteiger partial charge in [0.05, 0.1) is 6.54 Å². The zero-order valence-electron chi connectivity index (χ0n) is 13.3. The van der Waals surface area contributed by atoms with Gasteiger partial charge in [-0.25, -0.2) is 4.79 Å². The molecule has 2 aromatic heterocycles. The highest BCUT2D eigenvalue weighted by molar-refractivity contribution is 5.72. The SMILES string of the molecule is Cc1cccc(OC[C@H]2Cn3c(nc4c3c(=O)[nH]c(=O)n4C)O2)c1. The van der Waals surface area contributed by atoms with E-state index < -0.39 is 11.2 Å². The zero-order chi connectivity index (χ0) is 16.8. The number of aryl methyl sites for hydroxylation is 2.